The third-order valence-corrected chi connectivity index (χ3v) is 5.38. The summed E-state index contributed by atoms with van der Waals surface area (Å²) in [4.78, 5) is 0. The lowest BCUT2D eigenvalue weighted by Gasteiger charge is -2.18. The Labute approximate surface area is 156 Å². The van der Waals surface area contributed by atoms with Crippen LogP contribution in [0.25, 0.3) is 0 Å². The van der Waals surface area contributed by atoms with Gasteiger partial charge in [0.15, 0.2) is 0 Å². The molecule has 0 heterocycles. The molecule has 6 heteroatoms. The van der Waals surface area contributed by atoms with Crippen molar-refractivity contribution in [3.63, 3.8) is 0 Å². The molecule has 0 bridgehead atoms. The lowest BCUT2D eigenvalue weighted by Crippen LogP contribution is -2.32. The fourth-order valence-corrected chi connectivity index (χ4v) is 3.58. The summed E-state index contributed by atoms with van der Waals surface area (Å²) >= 11 is 0. The van der Waals surface area contributed by atoms with Gasteiger partial charge in [0.05, 0.1) is 25.6 Å². The van der Waals surface area contributed by atoms with E-state index >= 15 is 0 Å². The number of hydrogen-bond donors (Lipinski definition) is 1. The zero-order valence-corrected chi connectivity index (χ0v) is 16.0. The second-order valence-corrected chi connectivity index (χ2v) is 8.00. The standard InChI is InChI=1S/C20H27NO4S/c1-24-12-13-25-14-15-26(22,23)21-17-20(19-10-6-3-7-11-19)16-18-8-4-2-5-9-18/h2-11,20-21H,12-17H2,1H3. The van der Waals surface area contributed by atoms with Crippen LogP contribution in [0.3, 0.4) is 0 Å². The van der Waals surface area contributed by atoms with Crippen LogP contribution in [0, 0.1) is 0 Å². The van der Waals surface area contributed by atoms with Crippen molar-refractivity contribution in [2.45, 2.75) is 12.3 Å². The van der Waals surface area contributed by atoms with Crippen molar-refractivity contribution in [1.82, 2.24) is 4.72 Å². The van der Waals surface area contributed by atoms with Crippen LogP contribution >= 0.6 is 0 Å². The Balaban J connectivity index is 1.94. The van der Waals surface area contributed by atoms with Crippen LogP contribution in [-0.4, -0.2) is 47.6 Å². The van der Waals surface area contributed by atoms with E-state index in [4.69, 9.17) is 9.47 Å². The molecule has 0 aliphatic rings. The zero-order valence-electron chi connectivity index (χ0n) is 15.1. The fourth-order valence-electron chi connectivity index (χ4n) is 2.64. The number of methoxy groups -OCH3 is 1. The first-order valence-corrected chi connectivity index (χ1v) is 10.4. The van der Waals surface area contributed by atoms with Crippen LogP contribution in [0.5, 0.6) is 0 Å². The maximum atomic E-state index is 12.2. The SMILES string of the molecule is COCCOCCS(=O)(=O)NCC(Cc1ccccc1)c1ccccc1. The summed E-state index contributed by atoms with van der Waals surface area (Å²) in [6, 6.07) is 20.1. The molecule has 1 unspecified atom stereocenters. The molecule has 2 aromatic rings. The number of nitrogens with one attached hydrogen (secondary N) is 1. The first-order valence-electron chi connectivity index (χ1n) is 8.73. The van der Waals surface area contributed by atoms with Crippen molar-refractivity contribution in [2.24, 2.45) is 0 Å². The highest BCUT2D eigenvalue weighted by atomic mass is 32.2. The van der Waals surface area contributed by atoms with Gasteiger partial charge in [0.2, 0.25) is 10.0 Å². The third-order valence-electron chi connectivity index (χ3n) is 4.07. The minimum atomic E-state index is -3.38. The van der Waals surface area contributed by atoms with Gasteiger partial charge in [-0.15, -0.1) is 0 Å². The number of hydrogen-bond acceptors (Lipinski definition) is 4. The second kappa shape index (κ2) is 11.1. The van der Waals surface area contributed by atoms with Gasteiger partial charge in [-0.1, -0.05) is 60.7 Å². The van der Waals surface area contributed by atoms with Crippen molar-refractivity contribution < 1.29 is 17.9 Å². The van der Waals surface area contributed by atoms with Gasteiger partial charge in [0.1, 0.15) is 0 Å². The lowest BCUT2D eigenvalue weighted by atomic mass is 9.92. The molecule has 1 N–H and O–H groups in total. The number of rotatable bonds is 12. The molecule has 0 saturated carbocycles. The first kappa shape index (κ1) is 20.6. The van der Waals surface area contributed by atoms with Gasteiger partial charge >= 0.3 is 0 Å². The Kier molecular flexibility index (Phi) is 8.77. The average molecular weight is 378 g/mol. The molecule has 0 aliphatic heterocycles. The van der Waals surface area contributed by atoms with Crippen molar-refractivity contribution in [3.8, 4) is 0 Å². The summed E-state index contributed by atoms with van der Waals surface area (Å²) in [6.07, 6.45) is 0.776. The topological polar surface area (TPSA) is 64.6 Å². The van der Waals surface area contributed by atoms with E-state index in [1.165, 1.54) is 5.56 Å². The fraction of sp³-hybridized carbons (Fsp3) is 0.400. The van der Waals surface area contributed by atoms with Crippen molar-refractivity contribution in [3.05, 3.63) is 71.8 Å². The Morgan fingerprint density at radius 3 is 2.23 bits per heavy atom. The third kappa shape index (κ3) is 7.66. The minimum Gasteiger partial charge on any atom is -0.382 e. The van der Waals surface area contributed by atoms with Crippen LogP contribution in [0.2, 0.25) is 0 Å². The molecule has 0 spiro atoms. The quantitative estimate of drug-likeness (QED) is 0.578. The van der Waals surface area contributed by atoms with E-state index in [0.29, 0.717) is 19.8 Å². The van der Waals surface area contributed by atoms with Crippen LogP contribution in [0.1, 0.15) is 17.0 Å². The number of sulfonamides is 1. The summed E-state index contributed by atoms with van der Waals surface area (Å²) in [6.45, 7) is 1.37. The normalized spacial score (nSPS) is 12.8. The van der Waals surface area contributed by atoms with Gasteiger partial charge in [-0.25, -0.2) is 13.1 Å². The van der Waals surface area contributed by atoms with Crippen molar-refractivity contribution in [2.75, 3.05) is 39.2 Å². The molecule has 26 heavy (non-hydrogen) atoms. The van der Waals surface area contributed by atoms with Crippen molar-refractivity contribution in [1.29, 1.82) is 0 Å². The van der Waals surface area contributed by atoms with Gasteiger partial charge in [-0.05, 0) is 17.5 Å². The van der Waals surface area contributed by atoms with Gasteiger partial charge in [0, 0.05) is 19.6 Å². The first-order chi connectivity index (χ1) is 12.6. The molecule has 0 fully saturated rings. The second-order valence-electron chi connectivity index (χ2n) is 6.07. The van der Waals surface area contributed by atoms with Crippen LogP contribution in [0.4, 0.5) is 0 Å². The molecule has 0 saturated heterocycles. The molecule has 2 rings (SSSR count). The van der Waals surface area contributed by atoms with E-state index in [9.17, 15) is 8.42 Å². The molecule has 5 nitrogen and oxygen atoms in total. The average Bonchev–Trinajstić information content (AvgIpc) is 2.66. The highest BCUT2D eigenvalue weighted by Crippen LogP contribution is 2.20. The smallest absolute Gasteiger partial charge is 0.213 e. The Bertz CT molecular complexity index is 720. The van der Waals surface area contributed by atoms with E-state index in [1.54, 1.807) is 7.11 Å². The van der Waals surface area contributed by atoms with Crippen molar-refractivity contribution >= 4 is 10.0 Å². The molecule has 142 valence electrons. The number of ether oxygens (including phenoxy) is 2. The highest BCUT2D eigenvalue weighted by molar-refractivity contribution is 7.89. The maximum absolute atomic E-state index is 12.2. The van der Waals surface area contributed by atoms with Gasteiger partial charge in [0.25, 0.3) is 0 Å². The summed E-state index contributed by atoms with van der Waals surface area (Å²) < 4.78 is 37.3. The van der Waals surface area contributed by atoms with Gasteiger partial charge in [-0.2, -0.15) is 0 Å². The van der Waals surface area contributed by atoms with Gasteiger partial charge in [-0.3, -0.25) is 0 Å². The minimum absolute atomic E-state index is 0.0520. The summed E-state index contributed by atoms with van der Waals surface area (Å²) in [5.74, 6) is 0.0200. The molecule has 2 aromatic carbocycles. The molecule has 0 aromatic heterocycles. The summed E-state index contributed by atoms with van der Waals surface area (Å²) in [5, 5.41) is 0. The van der Waals surface area contributed by atoms with E-state index < -0.39 is 10.0 Å². The van der Waals surface area contributed by atoms with Crippen LogP contribution < -0.4 is 4.72 Å². The van der Waals surface area contributed by atoms with Crippen LogP contribution in [0.15, 0.2) is 60.7 Å². The molecule has 0 radical (unpaired) electrons. The Hall–Kier alpha value is -1.73. The van der Waals surface area contributed by atoms with Gasteiger partial charge < -0.3 is 9.47 Å². The zero-order chi connectivity index (χ0) is 18.7. The van der Waals surface area contributed by atoms with E-state index in [0.717, 1.165) is 12.0 Å². The highest BCUT2D eigenvalue weighted by Gasteiger charge is 2.17. The maximum Gasteiger partial charge on any atom is 0.213 e. The molecular weight excluding hydrogens is 350 g/mol. The van der Waals surface area contributed by atoms with Crippen LogP contribution in [-0.2, 0) is 25.9 Å². The summed E-state index contributed by atoms with van der Waals surface area (Å²) in [7, 11) is -1.80. The molecule has 0 amide bonds. The lowest BCUT2D eigenvalue weighted by molar-refractivity contribution is 0.0784. The molecule has 0 aliphatic carbocycles. The van der Waals surface area contributed by atoms with E-state index in [1.807, 2.05) is 48.5 Å². The predicted octanol–water partition coefficient (Wildman–Crippen LogP) is 2.60. The predicted molar refractivity (Wildman–Crippen MR) is 104 cm³/mol. The van der Waals surface area contributed by atoms with E-state index in [-0.39, 0.29) is 18.3 Å². The summed E-state index contributed by atoms with van der Waals surface area (Å²) in [5.41, 5.74) is 2.30. The van der Waals surface area contributed by atoms with E-state index in [2.05, 4.69) is 16.9 Å². The molecular formula is C20H27NO4S. The molecule has 1 atom stereocenters. The monoisotopic (exact) mass is 377 g/mol. The Morgan fingerprint density at radius 1 is 0.923 bits per heavy atom. The Morgan fingerprint density at radius 2 is 1.58 bits per heavy atom. The largest absolute Gasteiger partial charge is 0.382 e. The number of benzene rings is 2.